The van der Waals surface area contributed by atoms with Crippen LogP contribution < -0.4 is 10.1 Å². The minimum absolute atomic E-state index is 0.175. The van der Waals surface area contributed by atoms with Crippen molar-refractivity contribution in [2.45, 2.75) is 38.8 Å². The maximum absolute atomic E-state index is 9.65. The SMILES string of the molecule is CCCNC(C)(CO)CCN1CCOc2ccccc2C1. The standard InChI is InChI=1S/C17H28N2O2/c1-3-9-18-17(2,14-20)8-10-19-11-12-21-16-7-5-4-6-15(16)13-19/h4-7,18,20H,3,8-14H2,1-2H3. The number of para-hydroxylation sites is 1. The molecule has 0 amide bonds. The first-order valence-electron chi connectivity index (χ1n) is 7.96. The summed E-state index contributed by atoms with van der Waals surface area (Å²) < 4.78 is 5.80. The van der Waals surface area contributed by atoms with E-state index in [9.17, 15) is 5.11 Å². The Morgan fingerprint density at radius 1 is 1.38 bits per heavy atom. The average molecular weight is 292 g/mol. The third-order valence-corrected chi connectivity index (χ3v) is 4.16. The van der Waals surface area contributed by atoms with E-state index in [0.717, 1.165) is 51.4 Å². The highest BCUT2D eigenvalue weighted by atomic mass is 16.5. The monoisotopic (exact) mass is 292 g/mol. The molecule has 118 valence electrons. The van der Waals surface area contributed by atoms with E-state index in [4.69, 9.17) is 4.74 Å². The fourth-order valence-corrected chi connectivity index (χ4v) is 2.63. The van der Waals surface area contributed by atoms with Gasteiger partial charge in [-0.15, -0.1) is 0 Å². The lowest BCUT2D eigenvalue weighted by molar-refractivity contribution is 0.140. The minimum Gasteiger partial charge on any atom is -0.492 e. The van der Waals surface area contributed by atoms with Gasteiger partial charge in [-0.25, -0.2) is 0 Å². The van der Waals surface area contributed by atoms with Gasteiger partial charge in [0.2, 0.25) is 0 Å². The molecule has 4 nitrogen and oxygen atoms in total. The van der Waals surface area contributed by atoms with Gasteiger partial charge < -0.3 is 15.2 Å². The second kappa shape index (κ2) is 7.78. The molecule has 1 aromatic carbocycles. The second-order valence-electron chi connectivity index (χ2n) is 6.13. The number of fused-ring (bicyclic) bond motifs is 1. The van der Waals surface area contributed by atoms with Gasteiger partial charge in [0.15, 0.2) is 0 Å². The van der Waals surface area contributed by atoms with Crippen LogP contribution in [0.3, 0.4) is 0 Å². The topological polar surface area (TPSA) is 44.7 Å². The maximum Gasteiger partial charge on any atom is 0.123 e. The molecule has 0 aliphatic carbocycles. The van der Waals surface area contributed by atoms with Crippen molar-refractivity contribution in [3.05, 3.63) is 29.8 Å². The molecule has 1 aromatic rings. The molecule has 1 atom stereocenters. The lowest BCUT2D eigenvalue weighted by atomic mass is 9.98. The summed E-state index contributed by atoms with van der Waals surface area (Å²) in [7, 11) is 0. The van der Waals surface area contributed by atoms with E-state index in [1.54, 1.807) is 0 Å². The van der Waals surface area contributed by atoms with Gasteiger partial charge >= 0.3 is 0 Å². The molecule has 21 heavy (non-hydrogen) atoms. The molecule has 1 unspecified atom stereocenters. The highest BCUT2D eigenvalue weighted by molar-refractivity contribution is 5.33. The minimum atomic E-state index is -0.192. The van der Waals surface area contributed by atoms with Gasteiger partial charge in [0.1, 0.15) is 12.4 Å². The molecule has 1 aliphatic heterocycles. The number of hydrogen-bond donors (Lipinski definition) is 2. The summed E-state index contributed by atoms with van der Waals surface area (Å²) in [6.45, 7) is 8.92. The summed E-state index contributed by atoms with van der Waals surface area (Å²) in [4.78, 5) is 2.41. The van der Waals surface area contributed by atoms with Crippen LogP contribution in [0.15, 0.2) is 24.3 Å². The smallest absolute Gasteiger partial charge is 0.123 e. The van der Waals surface area contributed by atoms with E-state index in [1.165, 1.54) is 5.56 Å². The quantitative estimate of drug-likeness (QED) is 0.807. The van der Waals surface area contributed by atoms with Gasteiger partial charge in [-0.05, 0) is 32.4 Å². The van der Waals surface area contributed by atoms with Crippen molar-refractivity contribution in [2.75, 3.05) is 32.8 Å². The van der Waals surface area contributed by atoms with Gasteiger partial charge in [-0.2, -0.15) is 0 Å². The van der Waals surface area contributed by atoms with Crippen LogP contribution in [0.4, 0.5) is 0 Å². The third kappa shape index (κ3) is 4.70. The first-order valence-corrected chi connectivity index (χ1v) is 7.96. The average Bonchev–Trinajstić information content (AvgIpc) is 2.73. The van der Waals surface area contributed by atoms with Crippen LogP contribution in [0.5, 0.6) is 5.75 Å². The van der Waals surface area contributed by atoms with Crippen molar-refractivity contribution in [3.8, 4) is 5.75 Å². The molecule has 0 radical (unpaired) electrons. The van der Waals surface area contributed by atoms with Crippen molar-refractivity contribution in [1.29, 1.82) is 0 Å². The largest absolute Gasteiger partial charge is 0.492 e. The number of aliphatic hydroxyl groups excluding tert-OH is 1. The molecule has 0 bridgehead atoms. The van der Waals surface area contributed by atoms with Gasteiger partial charge in [-0.3, -0.25) is 4.90 Å². The van der Waals surface area contributed by atoms with Crippen LogP contribution in [0.1, 0.15) is 32.3 Å². The van der Waals surface area contributed by atoms with E-state index >= 15 is 0 Å². The van der Waals surface area contributed by atoms with Crippen molar-refractivity contribution in [2.24, 2.45) is 0 Å². The second-order valence-corrected chi connectivity index (χ2v) is 6.13. The molecule has 4 heteroatoms. The van der Waals surface area contributed by atoms with Crippen LogP contribution in [0.25, 0.3) is 0 Å². The lowest BCUT2D eigenvalue weighted by Crippen LogP contribution is -2.48. The van der Waals surface area contributed by atoms with Crippen LogP contribution >= 0.6 is 0 Å². The van der Waals surface area contributed by atoms with Gasteiger partial charge in [0.25, 0.3) is 0 Å². The van der Waals surface area contributed by atoms with Gasteiger partial charge in [0.05, 0.1) is 6.61 Å². The lowest BCUT2D eigenvalue weighted by Gasteiger charge is -2.31. The molecule has 2 rings (SSSR count). The van der Waals surface area contributed by atoms with Crippen molar-refractivity contribution >= 4 is 0 Å². The number of nitrogens with one attached hydrogen (secondary N) is 1. The molecule has 0 aromatic heterocycles. The summed E-state index contributed by atoms with van der Waals surface area (Å²) in [6, 6.07) is 8.26. The Morgan fingerprint density at radius 2 is 2.19 bits per heavy atom. The number of benzene rings is 1. The fourth-order valence-electron chi connectivity index (χ4n) is 2.63. The first-order chi connectivity index (χ1) is 10.2. The highest BCUT2D eigenvalue weighted by Crippen LogP contribution is 2.23. The van der Waals surface area contributed by atoms with Crippen molar-refractivity contribution < 1.29 is 9.84 Å². The van der Waals surface area contributed by atoms with Crippen LogP contribution in [-0.2, 0) is 6.54 Å². The zero-order valence-electron chi connectivity index (χ0n) is 13.3. The zero-order valence-corrected chi connectivity index (χ0v) is 13.3. The number of rotatable bonds is 7. The third-order valence-electron chi connectivity index (χ3n) is 4.16. The molecule has 1 heterocycles. The van der Waals surface area contributed by atoms with E-state index < -0.39 is 0 Å². The summed E-state index contributed by atoms with van der Waals surface area (Å²) in [5.74, 6) is 1.01. The molecule has 0 fully saturated rings. The summed E-state index contributed by atoms with van der Waals surface area (Å²) >= 11 is 0. The van der Waals surface area contributed by atoms with E-state index in [1.807, 2.05) is 12.1 Å². The Hall–Kier alpha value is -1.10. The van der Waals surface area contributed by atoms with Gasteiger partial charge in [0, 0.05) is 30.7 Å². The summed E-state index contributed by atoms with van der Waals surface area (Å²) in [5.41, 5.74) is 1.06. The molecule has 2 N–H and O–H groups in total. The van der Waals surface area contributed by atoms with Crippen LogP contribution in [0.2, 0.25) is 0 Å². The zero-order chi connectivity index (χ0) is 15.1. The van der Waals surface area contributed by atoms with Crippen LogP contribution in [-0.4, -0.2) is 48.4 Å². The Balaban J connectivity index is 1.91. The summed E-state index contributed by atoms with van der Waals surface area (Å²) in [5, 5.41) is 13.1. The van der Waals surface area contributed by atoms with Crippen molar-refractivity contribution in [1.82, 2.24) is 10.2 Å². The Labute approximate surface area is 128 Å². The fraction of sp³-hybridized carbons (Fsp3) is 0.647. The molecule has 0 saturated carbocycles. The summed E-state index contributed by atoms with van der Waals surface area (Å²) in [6.07, 6.45) is 2.02. The molecular weight excluding hydrogens is 264 g/mol. The number of hydrogen-bond acceptors (Lipinski definition) is 4. The van der Waals surface area contributed by atoms with Gasteiger partial charge in [-0.1, -0.05) is 25.1 Å². The van der Waals surface area contributed by atoms with E-state index in [-0.39, 0.29) is 12.1 Å². The maximum atomic E-state index is 9.65. The normalized spacial score (nSPS) is 18.4. The Kier molecular flexibility index (Phi) is 6.03. The number of aliphatic hydroxyl groups is 1. The Bertz CT molecular complexity index is 439. The number of ether oxygens (including phenoxy) is 1. The number of nitrogens with zero attached hydrogens (tertiary/aromatic N) is 1. The Morgan fingerprint density at radius 3 is 2.95 bits per heavy atom. The van der Waals surface area contributed by atoms with Crippen molar-refractivity contribution in [3.63, 3.8) is 0 Å². The molecular formula is C17H28N2O2. The van der Waals surface area contributed by atoms with E-state index in [0.29, 0.717) is 0 Å². The van der Waals surface area contributed by atoms with E-state index in [2.05, 4.69) is 36.2 Å². The highest BCUT2D eigenvalue weighted by Gasteiger charge is 2.24. The molecule has 1 aliphatic rings. The predicted octanol–water partition coefficient (Wildman–Crippen LogP) is 2.02. The predicted molar refractivity (Wildman–Crippen MR) is 85.6 cm³/mol. The molecule has 0 saturated heterocycles. The molecule has 0 spiro atoms. The first kappa shape index (κ1) is 16.3. The van der Waals surface area contributed by atoms with Crippen LogP contribution in [0, 0.1) is 0 Å².